The summed E-state index contributed by atoms with van der Waals surface area (Å²) in [6, 6.07) is 2.09. The molecule has 0 aromatic heterocycles. The van der Waals surface area contributed by atoms with Gasteiger partial charge in [-0.05, 0) is 18.1 Å². The molecule has 0 saturated heterocycles. The van der Waals surface area contributed by atoms with Crippen LogP contribution in [-0.2, 0) is 0 Å². The van der Waals surface area contributed by atoms with Gasteiger partial charge >= 0.3 is 0 Å². The summed E-state index contributed by atoms with van der Waals surface area (Å²) in [4.78, 5) is 11.7. The fourth-order valence-electron chi connectivity index (χ4n) is 1.68. The molecule has 0 spiro atoms. The molecule has 0 bridgehead atoms. The molecule has 3 nitrogen and oxygen atoms in total. The first-order chi connectivity index (χ1) is 8.51. The number of benzene rings is 1. The minimum atomic E-state index is -1.00. The molecule has 0 aliphatic heterocycles. The van der Waals surface area contributed by atoms with Crippen molar-refractivity contribution in [1.82, 2.24) is 5.32 Å². The normalized spacial score (nSPS) is 10.7. The molecule has 0 fully saturated rings. The third-order valence-corrected chi connectivity index (χ3v) is 3.05. The van der Waals surface area contributed by atoms with Crippen molar-refractivity contribution < 1.29 is 13.6 Å². The summed E-state index contributed by atoms with van der Waals surface area (Å²) in [5.41, 5.74) is 4.47. The zero-order valence-electron chi connectivity index (χ0n) is 10.6. The van der Waals surface area contributed by atoms with Crippen LogP contribution in [0.4, 0.5) is 14.5 Å². The van der Waals surface area contributed by atoms with E-state index in [1.165, 1.54) is 0 Å². The lowest BCUT2D eigenvalue weighted by Crippen LogP contribution is -2.30. The van der Waals surface area contributed by atoms with Gasteiger partial charge in [0.25, 0.3) is 5.91 Å². The number of nitrogens with two attached hydrogens (primary N) is 1. The number of nitrogens with one attached hydrogen (secondary N) is 1. The van der Waals surface area contributed by atoms with Crippen molar-refractivity contribution >= 4 is 11.6 Å². The molecule has 5 heteroatoms. The van der Waals surface area contributed by atoms with Crippen LogP contribution in [0.5, 0.6) is 0 Å². The lowest BCUT2D eigenvalue weighted by molar-refractivity contribution is 0.0938. The highest BCUT2D eigenvalue weighted by atomic mass is 19.1. The van der Waals surface area contributed by atoms with E-state index in [-0.39, 0.29) is 5.69 Å². The van der Waals surface area contributed by atoms with Crippen LogP contribution in [0, 0.1) is 17.6 Å². The maximum Gasteiger partial charge on any atom is 0.257 e. The number of anilines is 1. The van der Waals surface area contributed by atoms with Gasteiger partial charge in [0.2, 0.25) is 0 Å². The Kier molecular flexibility index (Phi) is 5.07. The van der Waals surface area contributed by atoms with Gasteiger partial charge in [-0.2, -0.15) is 0 Å². The Labute approximate surface area is 105 Å². The minimum Gasteiger partial charge on any atom is -0.396 e. The van der Waals surface area contributed by atoms with E-state index < -0.39 is 23.1 Å². The van der Waals surface area contributed by atoms with E-state index in [1.54, 1.807) is 0 Å². The Morgan fingerprint density at radius 3 is 2.50 bits per heavy atom. The summed E-state index contributed by atoms with van der Waals surface area (Å²) in [5.74, 6) is -2.36. The molecule has 1 aromatic carbocycles. The monoisotopic (exact) mass is 256 g/mol. The van der Waals surface area contributed by atoms with Gasteiger partial charge in [0.1, 0.15) is 11.4 Å². The van der Waals surface area contributed by atoms with E-state index in [2.05, 4.69) is 5.32 Å². The second-order valence-corrected chi connectivity index (χ2v) is 4.22. The first-order valence-electron chi connectivity index (χ1n) is 6.02. The number of carbonyl (C=O) groups excluding carboxylic acids is 1. The zero-order chi connectivity index (χ0) is 13.7. The van der Waals surface area contributed by atoms with Crippen molar-refractivity contribution in [2.75, 3.05) is 12.3 Å². The summed E-state index contributed by atoms with van der Waals surface area (Å²) in [6.45, 7) is 4.41. The van der Waals surface area contributed by atoms with Crippen LogP contribution in [0.25, 0.3) is 0 Å². The van der Waals surface area contributed by atoms with E-state index in [9.17, 15) is 13.6 Å². The molecule has 1 amide bonds. The Hall–Kier alpha value is -1.65. The number of hydrogen-bond acceptors (Lipinski definition) is 2. The molecular weight excluding hydrogens is 238 g/mol. The maximum absolute atomic E-state index is 13.6. The Balaban J connectivity index is 2.82. The van der Waals surface area contributed by atoms with Crippen LogP contribution >= 0.6 is 0 Å². The molecule has 0 aliphatic rings. The number of halogens is 2. The molecule has 100 valence electrons. The second-order valence-electron chi connectivity index (χ2n) is 4.22. The van der Waals surface area contributed by atoms with E-state index in [4.69, 9.17) is 5.73 Å². The fraction of sp³-hybridized carbons (Fsp3) is 0.462. The Bertz CT molecular complexity index is 431. The highest BCUT2D eigenvalue weighted by Gasteiger charge is 2.19. The predicted octanol–water partition coefficient (Wildman–Crippen LogP) is 2.71. The largest absolute Gasteiger partial charge is 0.396 e. The third kappa shape index (κ3) is 3.18. The Morgan fingerprint density at radius 1 is 1.33 bits per heavy atom. The second kappa shape index (κ2) is 6.33. The first kappa shape index (κ1) is 14.4. The highest BCUT2D eigenvalue weighted by molar-refractivity contribution is 5.95. The molecule has 18 heavy (non-hydrogen) atoms. The van der Waals surface area contributed by atoms with Crippen molar-refractivity contribution in [2.45, 2.75) is 26.7 Å². The first-order valence-corrected chi connectivity index (χ1v) is 6.02. The molecule has 1 rings (SSSR count). The van der Waals surface area contributed by atoms with E-state index in [0.717, 1.165) is 25.0 Å². The summed E-state index contributed by atoms with van der Waals surface area (Å²) in [6.07, 6.45) is 1.80. The number of nitrogen functional groups attached to an aromatic ring is 1. The van der Waals surface area contributed by atoms with Crippen molar-refractivity contribution in [2.24, 2.45) is 5.92 Å². The van der Waals surface area contributed by atoms with Crippen LogP contribution in [0.2, 0.25) is 0 Å². The van der Waals surface area contributed by atoms with Crippen LogP contribution in [0.15, 0.2) is 12.1 Å². The SMILES string of the molecule is CCC(CC)CNC(=O)c1c(F)ccc(N)c1F. The fourth-order valence-corrected chi connectivity index (χ4v) is 1.68. The number of carbonyl (C=O) groups is 1. The molecular formula is C13H18F2N2O. The van der Waals surface area contributed by atoms with Crippen molar-refractivity contribution in [3.63, 3.8) is 0 Å². The summed E-state index contributed by atoms with van der Waals surface area (Å²) < 4.78 is 27.0. The molecule has 0 heterocycles. The zero-order valence-corrected chi connectivity index (χ0v) is 10.6. The standard InChI is InChI=1S/C13H18F2N2O/c1-3-8(4-2)7-17-13(18)11-9(14)5-6-10(16)12(11)15/h5-6,8H,3-4,7,16H2,1-2H3,(H,17,18). The quantitative estimate of drug-likeness (QED) is 0.796. The van der Waals surface area contributed by atoms with Crippen LogP contribution in [-0.4, -0.2) is 12.5 Å². The molecule has 3 N–H and O–H groups in total. The van der Waals surface area contributed by atoms with Crippen molar-refractivity contribution in [3.05, 3.63) is 29.3 Å². The number of rotatable bonds is 5. The lowest BCUT2D eigenvalue weighted by Gasteiger charge is -2.14. The van der Waals surface area contributed by atoms with Gasteiger partial charge in [-0.25, -0.2) is 8.78 Å². The lowest BCUT2D eigenvalue weighted by atomic mass is 10.0. The summed E-state index contributed by atoms with van der Waals surface area (Å²) >= 11 is 0. The van der Waals surface area contributed by atoms with Crippen LogP contribution < -0.4 is 11.1 Å². The molecule has 0 saturated carbocycles. The van der Waals surface area contributed by atoms with Gasteiger partial charge < -0.3 is 11.1 Å². The molecule has 1 aromatic rings. The molecule has 0 atom stereocenters. The molecule has 0 unspecified atom stereocenters. The third-order valence-electron chi connectivity index (χ3n) is 3.05. The average Bonchev–Trinajstić information content (AvgIpc) is 2.35. The summed E-state index contributed by atoms with van der Waals surface area (Å²) in [7, 11) is 0. The van der Waals surface area contributed by atoms with Crippen LogP contribution in [0.1, 0.15) is 37.0 Å². The maximum atomic E-state index is 13.6. The van der Waals surface area contributed by atoms with Gasteiger partial charge in [-0.15, -0.1) is 0 Å². The van der Waals surface area contributed by atoms with Gasteiger partial charge in [-0.1, -0.05) is 26.7 Å². The summed E-state index contributed by atoms with van der Waals surface area (Å²) in [5, 5.41) is 2.54. The predicted molar refractivity (Wildman–Crippen MR) is 67.2 cm³/mol. The highest BCUT2D eigenvalue weighted by Crippen LogP contribution is 2.18. The van der Waals surface area contributed by atoms with Gasteiger partial charge in [0.15, 0.2) is 5.82 Å². The van der Waals surface area contributed by atoms with Gasteiger partial charge in [0, 0.05) is 6.54 Å². The topological polar surface area (TPSA) is 55.1 Å². The average molecular weight is 256 g/mol. The van der Waals surface area contributed by atoms with Crippen molar-refractivity contribution in [1.29, 1.82) is 0 Å². The van der Waals surface area contributed by atoms with Gasteiger partial charge in [0.05, 0.1) is 5.69 Å². The van der Waals surface area contributed by atoms with E-state index in [0.29, 0.717) is 12.5 Å². The smallest absolute Gasteiger partial charge is 0.257 e. The number of hydrogen-bond donors (Lipinski definition) is 2. The minimum absolute atomic E-state index is 0.232. The van der Waals surface area contributed by atoms with Crippen LogP contribution in [0.3, 0.4) is 0 Å². The van der Waals surface area contributed by atoms with E-state index >= 15 is 0 Å². The van der Waals surface area contributed by atoms with Gasteiger partial charge in [-0.3, -0.25) is 4.79 Å². The Morgan fingerprint density at radius 2 is 1.94 bits per heavy atom. The molecule has 0 radical (unpaired) electrons. The van der Waals surface area contributed by atoms with E-state index in [1.807, 2.05) is 13.8 Å². The molecule has 0 aliphatic carbocycles. The van der Waals surface area contributed by atoms with Crippen molar-refractivity contribution in [3.8, 4) is 0 Å². The number of amides is 1.